The Morgan fingerprint density at radius 1 is 1.07 bits per heavy atom. The topological polar surface area (TPSA) is 59.2 Å². The van der Waals surface area contributed by atoms with Crippen LogP contribution in [-0.4, -0.2) is 22.6 Å². The third-order valence-corrected chi connectivity index (χ3v) is 5.32. The van der Waals surface area contributed by atoms with Gasteiger partial charge in [-0.25, -0.2) is 0 Å². The Bertz CT molecular complexity index is 988. The molecule has 1 atom stereocenters. The summed E-state index contributed by atoms with van der Waals surface area (Å²) in [6, 6.07) is 15.4. The quantitative estimate of drug-likeness (QED) is 0.610. The van der Waals surface area contributed by atoms with Crippen LogP contribution in [0.15, 0.2) is 53.1 Å². The number of hydrogen-bond donors (Lipinski definition) is 0. The SMILES string of the molecule is CC(C)(C)c1ccc(-c2nc(C3CC(=O)N(c4ccc(Cl)cc4)C3)no2)cc1. The molecule has 0 N–H and O–H groups in total. The van der Waals surface area contributed by atoms with Crippen LogP contribution < -0.4 is 4.90 Å². The van der Waals surface area contributed by atoms with E-state index in [9.17, 15) is 4.79 Å². The summed E-state index contributed by atoms with van der Waals surface area (Å²) < 4.78 is 5.47. The number of hydrogen-bond acceptors (Lipinski definition) is 4. The standard InChI is InChI=1S/C22H22ClN3O2/c1-22(2,3)16-6-4-14(5-7-16)21-24-20(25-28-21)15-12-19(27)26(13-15)18-10-8-17(23)9-11-18/h4-11,15H,12-13H2,1-3H3. The van der Waals surface area contributed by atoms with E-state index in [2.05, 4.69) is 43.0 Å². The number of halogens is 1. The number of benzene rings is 2. The number of amides is 1. The molecule has 1 fully saturated rings. The zero-order valence-corrected chi connectivity index (χ0v) is 16.9. The monoisotopic (exact) mass is 395 g/mol. The molecule has 144 valence electrons. The number of carbonyl (C=O) groups is 1. The van der Waals surface area contributed by atoms with E-state index in [1.165, 1.54) is 5.56 Å². The van der Waals surface area contributed by atoms with Crippen LogP contribution in [0.5, 0.6) is 0 Å². The lowest BCUT2D eigenvalue weighted by molar-refractivity contribution is -0.117. The molecular weight excluding hydrogens is 374 g/mol. The summed E-state index contributed by atoms with van der Waals surface area (Å²) in [5.41, 5.74) is 3.05. The first kappa shape index (κ1) is 18.7. The molecule has 6 heteroatoms. The van der Waals surface area contributed by atoms with Crippen LogP contribution in [0.25, 0.3) is 11.5 Å². The summed E-state index contributed by atoms with van der Waals surface area (Å²) >= 11 is 5.94. The van der Waals surface area contributed by atoms with Crippen LogP contribution >= 0.6 is 11.6 Å². The van der Waals surface area contributed by atoms with Crippen molar-refractivity contribution in [2.24, 2.45) is 0 Å². The van der Waals surface area contributed by atoms with Gasteiger partial charge in [-0.3, -0.25) is 4.79 Å². The molecule has 1 unspecified atom stereocenters. The van der Waals surface area contributed by atoms with Gasteiger partial charge in [0.15, 0.2) is 5.82 Å². The van der Waals surface area contributed by atoms with Crippen LogP contribution in [0.4, 0.5) is 5.69 Å². The highest BCUT2D eigenvalue weighted by Crippen LogP contribution is 2.32. The molecule has 2 heterocycles. The first-order valence-corrected chi connectivity index (χ1v) is 9.69. The fourth-order valence-corrected chi connectivity index (χ4v) is 3.51. The lowest BCUT2D eigenvalue weighted by Crippen LogP contribution is -2.24. The first-order valence-electron chi connectivity index (χ1n) is 9.32. The van der Waals surface area contributed by atoms with Crippen LogP contribution in [0.1, 0.15) is 44.5 Å². The van der Waals surface area contributed by atoms with Crippen LogP contribution in [0.2, 0.25) is 5.02 Å². The molecule has 28 heavy (non-hydrogen) atoms. The van der Waals surface area contributed by atoms with Gasteiger partial charge in [0.1, 0.15) is 0 Å². The van der Waals surface area contributed by atoms with E-state index in [4.69, 9.17) is 16.1 Å². The molecule has 3 aromatic rings. The van der Waals surface area contributed by atoms with Gasteiger partial charge in [-0.2, -0.15) is 4.98 Å². The molecule has 1 aromatic heterocycles. The number of anilines is 1. The van der Waals surface area contributed by atoms with Crippen molar-refractivity contribution in [3.8, 4) is 11.5 Å². The van der Waals surface area contributed by atoms with E-state index in [0.29, 0.717) is 29.7 Å². The predicted octanol–water partition coefficient (Wildman–Crippen LogP) is 5.21. The van der Waals surface area contributed by atoms with Crippen molar-refractivity contribution in [2.45, 2.75) is 38.5 Å². The molecule has 1 aliphatic rings. The normalized spacial score (nSPS) is 17.4. The Balaban J connectivity index is 1.52. The summed E-state index contributed by atoms with van der Waals surface area (Å²) in [6.45, 7) is 7.06. The lowest BCUT2D eigenvalue weighted by Gasteiger charge is -2.18. The maximum atomic E-state index is 12.5. The molecule has 0 bridgehead atoms. The van der Waals surface area contributed by atoms with Crippen molar-refractivity contribution in [1.29, 1.82) is 0 Å². The molecule has 0 aliphatic carbocycles. The number of aromatic nitrogens is 2. The Morgan fingerprint density at radius 3 is 2.39 bits per heavy atom. The summed E-state index contributed by atoms with van der Waals surface area (Å²) in [6.07, 6.45) is 0.366. The van der Waals surface area contributed by atoms with Crippen LogP contribution in [-0.2, 0) is 10.2 Å². The maximum absolute atomic E-state index is 12.5. The maximum Gasteiger partial charge on any atom is 0.257 e. The van der Waals surface area contributed by atoms with Gasteiger partial charge in [0.25, 0.3) is 5.89 Å². The second-order valence-electron chi connectivity index (χ2n) is 8.17. The molecule has 1 amide bonds. The molecule has 0 saturated carbocycles. The number of carbonyl (C=O) groups excluding carboxylic acids is 1. The van der Waals surface area contributed by atoms with Gasteiger partial charge in [0.2, 0.25) is 5.91 Å². The van der Waals surface area contributed by atoms with Crippen molar-refractivity contribution in [3.63, 3.8) is 0 Å². The fraction of sp³-hybridized carbons (Fsp3) is 0.318. The second-order valence-corrected chi connectivity index (χ2v) is 8.60. The van der Waals surface area contributed by atoms with Crippen molar-refractivity contribution in [1.82, 2.24) is 10.1 Å². The highest BCUT2D eigenvalue weighted by molar-refractivity contribution is 6.30. The van der Waals surface area contributed by atoms with Crippen molar-refractivity contribution >= 4 is 23.2 Å². The van der Waals surface area contributed by atoms with Crippen molar-refractivity contribution < 1.29 is 9.32 Å². The van der Waals surface area contributed by atoms with Gasteiger partial charge < -0.3 is 9.42 Å². The molecule has 1 aliphatic heterocycles. The minimum Gasteiger partial charge on any atom is -0.334 e. The summed E-state index contributed by atoms with van der Waals surface area (Å²) in [5.74, 6) is 1.01. The largest absolute Gasteiger partial charge is 0.334 e. The zero-order valence-electron chi connectivity index (χ0n) is 16.1. The highest BCUT2D eigenvalue weighted by atomic mass is 35.5. The summed E-state index contributed by atoms with van der Waals surface area (Å²) in [5, 5.41) is 4.78. The summed E-state index contributed by atoms with van der Waals surface area (Å²) in [7, 11) is 0. The second kappa shape index (κ2) is 7.06. The third-order valence-electron chi connectivity index (χ3n) is 5.07. The van der Waals surface area contributed by atoms with Gasteiger partial charge >= 0.3 is 0 Å². The Hall–Kier alpha value is -2.66. The minimum absolute atomic E-state index is 0.0493. The molecule has 1 saturated heterocycles. The van der Waals surface area contributed by atoms with E-state index in [-0.39, 0.29) is 17.2 Å². The average molecular weight is 396 g/mol. The average Bonchev–Trinajstić information content (AvgIpc) is 3.29. The van der Waals surface area contributed by atoms with Gasteiger partial charge in [-0.1, -0.05) is 49.7 Å². The number of nitrogens with zero attached hydrogens (tertiary/aromatic N) is 3. The van der Waals surface area contributed by atoms with E-state index >= 15 is 0 Å². The van der Waals surface area contributed by atoms with Gasteiger partial charge in [0, 0.05) is 35.2 Å². The molecule has 5 nitrogen and oxygen atoms in total. The Morgan fingerprint density at radius 2 is 1.75 bits per heavy atom. The first-order chi connectivity index (χ1) is 13.3. The van der Waals surface area contributed by atoms with E-state index in [0.717, 1.165) is 11.3 Å². The van der Waals surface area contributed by atoms with Crippen molar-refractivity contribution in [3.05, 3.63) is 64.9 Å². The van der Waals surface area contributed by atoms with Crippen molar-refractivity contribution in [2.75, 3.05) is 11.4 Å². The zero-order chi connectivity index (χ0) is 19.9. The molecule has 4 rings (SSSR count). The smallest absolute Gasteiger partial charge is 0.257 e. The molecule has 0 spiro atoms. The van der Waals surface area contributed by atoms with Gasteiger partial charge in [-0.15, -0.1) is 0 Å². The third kappa shape index (κ3) is 3.67. The van der Waals surface area contributed by atoms with Gasteiger partial charge in [-0.05, 0) is 47.4 Å². The van der Waals surface area contributed by atoms with Gasteiger partial charge in [0.05, 0.1) is 0 Å². The Labute approximate surface area is 169 Å². The molecular formula is C22H22ClN3O2. The van der Waals surface area contributed by atoms with Crippen LogP contribution in [0.3, 0.4) is 0 Å². The molecule has 0 radical (unpaired) electrons. The predicted molar refractivity (Wildman–Crippen MR) is 110 cm³/mol. The lowest BCUT2D eigenvalue weighted by atomic mass is 9.87. The van der Waals surface area contributed by atoms with E-state index in [1.54, 1.807) is 17.0 Å². The molecule has 2 aromatic carbocycles. The summed E-state index contributed by atoms with van der Waals surface area (Å²) in [4.78, 5) is 18.8. The Kier molecular flexibility index (Phi) is 4.71. The minimum atomic E-state index is -0.0884. The highest BCUT2D eigenvalue weighted by Gasteiger charge is 2.34. The van der Waals surface area contributed by atoms with Crippen LogP contribution in [0, 0.1) is 0 Å². The van der Waals surface area contributed by atoms with E-state index in [1.807, 2.05) is 24.3 Å². The number of rotatable bonds is 3. The fourth-order valence-electron chi connectivity index (χ4n) is 3.38. The van der Waals surface area contributed by atoms with E-state index < -0.39 is 0 Å².